The highest BCUT2D eigenvalue weighted by atomic mass is 32.1. The first-order valence-corrected chi connectivity index (χ1v) is 11.5. The lowest BCUT2D eigenvalue weighted by atomic mass is 10.1. The lowest BCUT2D eigenvalue weighted by Crippen LogP contribution is -2.35. The predicted octanol–water partition coefficient (Wildman–Crippen LogP) is 5.61. The first-order chi connectivity index (χ1) is 14.9. The topological polar surface area (TPSA) is 62.3 Å². The molecular weight excluding hydrogens is 406 g/mol. The molecule has 1 saturated heterocycles. The van der Waals surface area contributed by atoms with E-state index in [0.29, 0.717) is 21.8 Å². The zero-order valence-corrected chi connectivity index (χ0v) is 19.0. The van der Waals surface area contributed by atoms with Gasteiger partial charge in [-0.1, -0.05) is 29.8 Å². The summed E-state index contributed by atoms with van der Waals surface area (Å²) in [6.07, 6.45) is 3.28. The Labute approximate surface area is 187 Å². The van der Waals surface area contributed by atoms with Crippen LogP contribution in [0.25, 0.3) is 10.6 Å². The average Bonchev–Trinajstić information content (AvgIpc) is 3.15. The molecule has 0 bridgehead atoms. The largest absolute Gasteiger partial charge is 0.339 e. The van der Waals surface area contributed by atoms with Crippen molar-refractivity contribution < 1.29 is 9.59 Å². The highest BCUT2D eigenvalue weighted by Crippen LogP contribution is 2.31. The molecule has 2 aromatic carbocycles. The third-order valence-corrected chi connectivity index (χ3v) is 6.82. The van der Waals surface area contributed by atoms with Gasteiger partial charge in [0.2, 0.25) is 0 Å². The SMILES string of the molecule is Cc1ccc(-c2nc(C)c(C(=O)Nc3cccc(C(=O)N4CCCCC4)c3)s2)c(C)c1. The number of nitrogens with one attached hydrogen (secondary N) is 1. The summed E-state index contributed by atoms with van der Waals surface area (Å²) in [6.45, 7) is 7.58. The number of nitrogens with zero attached hydrogens (tertiary/aromatic N) is 2. The number of likely N-dealkylation sites (tertiary alicyclic amines) is 1. The van der Waals surface area contributed by atoms with E-state index in [1.165, 1.54) is 23.3 Å². The molecule has 3 aromatic rings. The average molecular weight is 434 g/mol. The normalized spacial score (nSPS) is 13.8. The summed E-state index contributed by atoms with van der Waals surface area (Å²) in [6, 6.07) is 13.4. The molecule has 5 nitrogen and oxygen atoms in total. The maximum atomic E-state index is 13.0. The van der Waals surface area contributed by atoms with Gasteiger partial charge in [-0.3, -0.25) is 9.59 Å². The minimum absolute atomic E-state index is 0.0295. The van der Waals surface area contributed by atoms with Crippen LogP contribution >= 0.6 is 11.3 Å². The first kappa shape index (κ1) is 21.2. The van der Waals surface area contributed by atoms with Gasteiger partial charge >= 0.3 is 0 Å². The van der Waals surface area contributed by atoms with Crippen molar-refractivity contribution >= 4 is 28.8 Å². The van der Waals surface area contributed by atoms with Crippen LogP contribution in [0.4, 0.5) is 5.69 Å². The van der Waals surface area contributed by atoms with E-state index in [0.717, 1.165) is 42.1 Å². The lowest BCUT2D eigenvalue weighted by Gasteiger charge is -2.26. The molecule has 0 radical (unpaired) electrons. The maximum Gasteiger partial charge on any atom is 0.267 e. The molecule has 0 saturated carbocycles. The van der Waals surface area contributed by atoms with Gasteiger partial charge in [-0.15, -0.1) is 11.3 Å². The van der Waals surface area contributed by atoms with Crippen molar-refractivity contribution in [3.8, 4) is 10.6 Å². The number of aryl methyl sites for hydroxylation is 3. The number of anilines is 1. The zero-order valence-electron chi connectivity index (χ0n) is 18.2. The second-order valence-corrected chi connectivity index (χ2v) is 9.14. The van der Waals surface area contributed by atoms with Crippen molar-refractivity contribution in [1.29, 1.82) is 0 Å². The van der Waals surface area contributed by atoms with Crippen molar-refractivity contribution in [1.82, 2.24) is 9.88 Å². The van der Waals surface area contributed by atoms with E-state index in [1.54, 1.807) is 6.07 Å². The molecular formula is C25H27N3O2S. The number of piperidine rings is 1. The number of carbonyl (C=O) groups excluding carboxylic acids is 2. The molecule has 160 valence electrons. The zero-order chi connectivity index (χ0) is 22.0. The number of rotatable bonds is 4. The van der Waals surface area contributed by atoms with E-state index < -0.39 is 0 Å². The Hall–Kier alpha value is -2.99. The molecule has 4 rings (SSSR count). The summed E-state index contributed by atoms with van der Waals surface area (Å²) < 4.78 is 0. The standard InChI is InChI=1S/C25H27N3O2S/c1-16-10-11-21(17(2)14-16)24-26-18(3)22(31-24)23(29)27-20-9-7-8-19(15-20)25(30)28-12-5-4-6-13-28/h7-11,14-15H,4-6,12-13H2,1-3H3,(H,27,29). The van der Waals surface area contributed by atoms with Crippen LogP contribution in [-0.4, -0.2) is 34.8 Å². The van der Waals surface area contributed by atoms with Crippen LogP contribution < -0.4 is 5.32 Å². The molecule has 0 atom stereocenters. The molecule has 1 fully saturated rings. The fraction of sp³-hybridized carbons (Fsp3) is 0.320. The fourth-order valence-corrected chi connectivity index (χ4v) is 5.03. The summed E-state index contributed by atoms with van der Waals surface area (Å²) in [7, 11) is 0. The monoisotopic (exact) mass is 433 g/mol. The Balaban J connectivity index is 1.52. The Kier molecular flexibility index (Phi) is 6.18. The lowest BCUT2D eigenvalue weighted by molar-refractivity contribution is 0.0724. The number of carbonyl (C=O) groups is 2. The number of hydrogen-bond acceptors (Lipinski definition) is 4. The van der Waals surface area contributed by atoms with Crippen LogP contribution in [0.5, 0.6) is 0 Å². The summed E-state index contributed by atoms with van der Waals surface area (Å²) in [4.78, 5) is 32.9. The third-order valence-electron chi connectivity index (χ3n) is 5.63. The van der Waals surface area contributed by atoms with Gasteiger partial charge in [0.05, 0.1) is 5.69 Å². The molecule has 0 aliphatic carbocycles. The van der Waals surface area contributed by atoms with Gasteiger partial charge in [0.15, 0.2) is 0 Å². The number of amides is 2. The second kappa shape index (κ2) is 9.02. The van der Waals surface area contributed by atoms with Crippen molar-refractivity contribution in [2.75, 3.05) is 18.4 Å². The highest BCUT2D eigenvalue weighted by Gasteiger charge is 2.20. The van der Waals surface area contributed by atoms with E-state index in [-0.39, 0.29) is 11.8 Å². The van der Waals surface area contributed by atoms with Crippen LogP contribution in [-0.2, 0) is 0 Å². The molecule has 2 amide bonds. The number of aromatic nitrogens is 1. The van der Waals surface area contributed by atoms with E-state index in [1.807, 2.05) is 30.0 Å². The molecule has 0 unspecified atom stereocenters. The van der Waals surface area contributed by atoms with E-state index in [2.05, 4.69) is 42.3 Å². The van der Waals surface area contributed by atoms with Crippen LogP contribution in [0.2, 0.25) is 0 Å². The molecule has 0 spiro atoms. The fourth-order valence-electron chi connectivity index (χ4n) is 3.97. The maximum absolute atomic E-state index is 13.0. The number of thiazole rings is 1. The Morgan fingerprint density at radius 2 is 1.77 bits per heavy atom. The van der Waals surface area contributed by atoms with Crippen molar-refractivity contribution in [2.45, 2.75) is 40.0 Å². The van der Waals surface area contributed by atoms with Gasteiger partial charge in [-0.05, 0) is 63.8 Å². The van der Waals surface area contributed by atoms with Gasteiger partial charge < -0.3 is 10.2 Å². The molecule has 1 N–H and O–H groups in total. The first-order valence-electron chi connectivity index (χ1n) is 10.7. The van der Waals surface area contributed by atoms with Gasteiger partial charge in [0.1, 0.15) is 9.88 Å². The van der Waals surface area contributed by atoms with E-state index >= 15 is 0 Å². The van der Waals surface area contributed by atoms with Gasteiger partial charge in [0.25, 0.3) is 11.8 Å². The summed E-state index contributed by atoms with van der Waals surface area (Å²) >= 11 is 1.39. The van der Waals surface area contributed by atoms with Crippen molar-refractivity contribution in [2.24, 2.45) is 0 Å². The third kappa shape index (κ3) is 4.69. The smallest absolute Gasteiger partial charge is 0.267 e. The van der Waals surface area contributed by atoms with Crippen molar-refractivity contribution in [3.05, 3.63) is 69.7 Å². The summed E-state index contributed by atoms with van der Waals surface area (Å²) in [5.41, 5.74) is 5.33. The minimum atomic E-state index is -0.200. The Bertz CT molecular complexity index is 1130. The van der Waals surface area contributed by atoms with Crippen LogP contribution in [0.1, 0.15) is 56.1 Å². The molecule has 1 aromatic heterocycles. The molecule has 6 heteroatoms. The van der Waals surface area contributed by atoms with Crippen LogP contribution in [0, 0.1) is 20.8 Å². The highest BCUT2D eigenvalue weighted by molar-refractivity contribution is 7.17. The van der Waals surface area contributed by atoms with Gasteiger partial charge in [0, 0.05) is 29.9 Å². The summed E-state index contributed by atoms with van der Waals surface area (Å²) in [5.74, 6) is -0.171. The molecule has 1 aliphatic rings. The summed E-state index contributed by atoms with van der Waals surface area (Å²) in [5, 5.41) is 3.79. The van der Waals surface area contributed by atoms with Gasteiger partial charge in [-0.25, -0.2) is 4.98 Å². The Morgan fingerprint density at radius 1 is 1.00 bits per heavy atom. The van der Waals surface area contributed by atoms with E-state index in [4.69, 9.17) is 0 Å². The van der Waals surface area contributed by atoms with Crippen molar-refractivity contribution in [3.63, 3.8) is 0 Å². The number of hydrogen-bond donors (Lipinski definition) is 1. The van der Waals surface area contributed by atoms with Crippen LogP contribution in [0.3, 0.4) is 0 Å². The van der Waals surface area contributed by atoms with Gasteiger partial charge in [-0.2, -0.15) is 0 Å². The predicted molar refractivity (Wildman–Crippen MR) is 126 cm³/mol. The number of benzene rings is 2. The molecule has 1 aliphatic heterocycles. The molecule has 2 heterocycles. The quantitative estimate of drug-likeness (QED) is 0.581. The minimum Gasteiger partial charge on any atom is -0.339 e. The molecule has 31 heavy (non-hydrogen) atoms. The second-order valence-electron chi connectivity index (χ2n) is 8.14. The Morgan fingerprint density at radius 3 is 2.52 bits per heavy atom. The van der Waals surface area contributed by atoms with E-state index in [9.17, 15) is 9.59 Å². The van der Waals surface area contributed by atoms with Crippen LogP contribution in [0.15, 0.2) is 42.5 Å².